The molecule has 7 nitrogen and oxygen atoms in total. The Balaban J connectivity index is 1.18. The van der Waals surface area contributed by atoms with Crippen LogP contribution in [0.25, 0.3) is 0 Å². The van der Waals surface area contributed by atoms with Gasteiger partial charge in [0.05, 0.1) is 18.8 Å². The fraction of sp³-hybridized carbons (Fsp3) is 0.643. The zero-order chi connectivity index (χ0) is 25.7. The number of ether oxygens (including phenoxy) is 2. The smallest absolute Gasteiger partial charge is 0.457 e. The van der Waals surface area contributed by atoms with E-state index in [0.29, 0.717) is 17.8 Å². The van der Waals surface area contributed by atoms with Crippen molar-refractivity contribution in [2.24, 2.45) is 22.7 Å². The van der Waals surface area contributed by atoms with Crippen molar-refractivity contribution < 1.29 is 28.4 Å². The minimum absolute atomic E-state index is 0.142. The van der Waals surface area contributed by atoms with Gasteiger partial charge in [0, 0.05) is 11.6 Å². The monoisotopic (exact) mass is 495 g/mol. The maximum absolute atomic E-state index is 12.9. The second-order valence-corrected chi connectivity index (χ2v) is 12.0. The Morgan fingerprint density at radius 1 is 1.14 bits per heavy atom. The maximum atomic E-state index is 12.9. The molecule has 0 radical (unpaired) electrons. The quantitative estimate of drug-likeness (QED) is 0.382. The van der Waals surface area contributed by atoms with E-state index in [9.17, 15) is 9.59 Å². The van der Waals surface area contributed by atoms with Crippen molar-refractivity contribution in [2.75, 3.05) is 7.11 Å². The van der Waals surface area contributed by atoms with E-state index < -0.39 is 23.5 Å². The number of hydrogen-bond donors (Lipinski definition) is 0. The molecule has 36 heavy (non-hydrogen) atoms. The van der Waals surface area contributed by atoms with Crippen LogP contribution in [0, 0.1) is 22.7 Å². The predicted molar refractivity (Wildman–Crippen MR) is 136 cm³/mol. The number of rotatable bonds is 7. The summed E-state index contributed by atoms with van der Waals surface area (Å²) in [5, 5.41) is 0. The third-order valence-corrected chi connectivity index (χ3v) is 9.52. The number of carbonyl (C=O) groups is 2. The molecule has 6 atom stereocenters. The van der Waals surface area contributed by atoms with Crippen LogP contribution in [-0.2, 0) is 30.2 Å². The van der Waals surface area contributed by atoms with Crippen molar-refractivity contribution in [1.29, 1.82) is 0 Å². The van der Waals surface area contributed by atoms with Crippen molar-refractivity contribution >= 4 is 19.2 Å². The number of benzene rings is 1. The lowest BCUT2D eigenvalue weighted by atomic mass is 9.43. The molecule has 1 aromatic carbocycles. The van der Waals surface area contributed by atoms with E-state index in [2.05, 4.69) is 20.8 Å². The van der Waals surface area contributed by atoms with Gasteiger partial charge in [-0.15, -0.1) is 0 Å². The van der Waals surface area contributed by atoms with Crippen LogP contribution in [0.2, 0.25) is 6.32 Å². The lowest BCUT2D eigenvalue weighted by Gasteiger charge is -2.64. The summed E-state index contributed by atoms with van der Waals surface area (Å²) in [7, 11) is 1.12. The molecule has 1 amide bonds. The van der Waals surface area contributed by atoms with E-state index in [1.54, 1.807) is 6.20 Å². The van der Waals surface area contributed by atoms with E-state index >= 15 is 0 Å². The van der Waals surface area contributed by atoms with Gasteiger partial charge in [-0.1, -0.05) is 63.6 Å². The molecule has 0 N–H and O–H groups in total. The molecule has 5 aliphatic rings. The molecule has 0 aromatic heterocycles. The fourth-order valence-corrected chi connectivity index (χ4v) is 7.15. The van der Waals surface area contributed by atoms with Crippen LogP contribution in [0.1, 0.15) is 58.9 Å². The van der Waals surface area contributed by atoms with E-state index in [0.717, 1.165) is 30.6 Å². The van der Waals surface area contributed by atoms with Crippen molar-refractivity contribution in [2.45, 2.75) is 84.1 Å². The van der Waals surface area contributed by atoms with Gasteiger partial charge in [0.2, 0.25) is 0 Å². The molecule has 3 aliphatic carbocycles. The molecular formula is C28H38BNO6. The Hall–Kier alpha value is -2.32. The molecule has 8 heteroatoms. The van der Waals surface area contributed by atoms with Crippen molar-refractivity contribution in [3.05, 3.63) is 48.2 Å². The first-order valence-electron chi connectivity index (χ1n) is 13.2. The maximum Gasteiger partial charge on any atom is 0.457 e. The van der Waals surface area contributed by atoms with Gasteiger partial charge >= 0.3 is 19.2 Å². The van der Waals surface area contributed by atoms with E-state index in [-0.39, 0.29) is 25.4 Å². The number of carbonyl (C=O) groups excluding carboxylic acids is 2. The standard InChI is InChI=1S/C28H38BNO6/c1-26(2)20-16-21(26)28(4)22(17-20)35-29(36-28)14-9-12-27(3)13-15-30(23(27)24(31)33-5)25(32)34-18-19-10-7-6-8-11-19/h6-8,10-11,13,15,20-23H,9,12,14,16-18H2,1-5H3/t20-,21-,22?,23+,27+,28-/m0/s1. The van der Waals surface area contributed by atoms with Gasteiger partial charge in [0.1, 0.15) is 12.6 Å². The zero-order valence-corrected chi connectivity index (χ0v) is 22.1. The topological polar surface area (TPSA) is 74.3 Å². The number of esters is 1. The molecule has 4 fully saturated rings. The molecule has 194 valence electrons. The van der Waals surface area contributed by atoms with Gasteiger partial charge in [0.15, 0.2) is 0 Å². The second-order valence-electron chi connectivity index (χ2n) is 12.0. The minimum atomic E-state index is -0.774. The highest BCUT2D eigenvalue weighted by Gasteiger charge is 2.67. The summed E-state index contributed by atoms with van der Waals surface area (Å²) < 4.78 is 23.5. The molecule has 0 spiro atoms. The lowest BCUT2D eigenvalue weighted by molar-refractivity contribution is -0.199. The SMILES string of the molecule is COC(=O)[C@H]1N(C(=O)OCc2ccccc2)C=C[C@@]1(C)CCCB1OC2C[C@@H]3C[C@@H](C3(C)C)[C@]2(C)O1. The molecule has 3 saturated carbocycles. The normalized spacial score (nSPS) is 35.8. The first-order chi connectivity index (χ1) is 17.1. The lowest BCUT2D eigenvalue weighted by Crippen LogP contribution is -2.65. The van der Waals surface area contributed by atoms with Gasteiger partial charge < -0.3 is 18.8 Å². The van der Waals surface area contributed by atoms with Crippen LogP contribution >= 0.6 is 0 Å². The molecule has 1 unspecified atom stereocenters. The van der Waals surface area contributed by atoms with Gasteiger partial charge in [-0.05, 0) is 55.3 Å². The third kappa shape index (κ3) is 4.16. The van der Waals surface area contributed by atoms with Crippen molar-refractivity contribution in [3.63, 3.8) is 0 Å². The summed E-state index contributed by atoms with van der Waals surface area (Å²) in [5.41, 5.74) is 0.418. The summed E-state index contributed by atoms with van der Waals surface area (Å²) in [6.45, 7) is 9.09. The van der Waals surface area contributed by atoms with E-state index in [1.165, 1.54) is 18.4 Å². The average Bonchev–Trinajstić information content (AvgIpc) is 3.38. The average molecular weight is 495 g/mol. The molecular weight excluding hydrogens is 457 g/mol. The first kappa shape index (κ1) is 25.3. The van der Waals surface area contributed by atoms with Gasteiger partial charge in [-0.2, -0.15) is 0 Å². The molecule has 1 aromatic rings. The van der Waals surface area contributed by atoms with Crippen molar-refractivity contribution in [1.82, 2.24) is 4.90 Å². The Bertz CT molecular complexity index is 1030. The molecule has 2 heterocycles. The van der Waals surface area contributed by atoms with Gasteiger partial charge in [-0.3, -0.25) is 4.90 Å². The number of nitrogens with zero attached hydrogens (tertiary/aromatic N) is 1. The van der Waals surface area contributed by atoms with Crippen LogP contribution in [-0.4, -0.2) is 48.9 Å². The second kappa shape index (κ2) is 9.21. The van der Waals surface area contributed by atoms with E-state index in [4.69, 9.17) is 18.8 Å². The van der Waals surface area contributed by atoms with Crippen LogP contribution in [0.3, 0.4) is 0 Å². The van der Waals surface area contributed by atoms with Crippen LogP contribution in [0.5, 0.6) is 0 Å². The number of methoxy groups -OCH3 is 1. The first-order valence-corrected chi connectivity index (χ1v) is 13.2. The Kier molecular flexibility index (Phi) is 6.48. The summed E-state index contributed by atoms with van der Waals surface area (Å²) in [4.78, 5) is 27.0. The number of amides is 1. The highest BCUT2D eigenvalue weighted by atomic mass is 16.7. The Morgan fingerprint density at radius 3 is 2.58 bits per heavy atom. The highest BCUT2D eigenvalue weighted by Crippen LogP contribution is 2.65. The summed E-state index contributed by atoms with van der Waals surface area (Å²) >= 11 is 0. The van der Waals surface area contributed by atoms with Crippen LogP contribution in [0.15, 0.2) is 42.6 Å². The predicted octanol–water partition coefficient (Wildman–Crippen LogP) is 5.21. The van der Waals surface area contributed by atoms with E-state index in [1.807, 2.05) is 43.3 Å². The summed E-state index contributed by atoms with van der Waals surface area (Å²) in [5.74, 6) is 0.806. The number of hydrogen-bond acceptors (Lipinski definition) is 6. The van der Waals surface area contributed by atoms with Crippen molar-refractivity contribution in [3.8, 4) is 0 Å². The van der Waals surface area contributed by atoms with Gasteiger partial charge in [0.25, 0.3) is 0 Å². The Morgan fingerprint density at radius 2 is 1.89 bits per heavy atom. The fourth-order valence-electron chi connectivity index (χ4n) is 7.15. The molecule has 1 saturated heterocycles. The third-order valence-electron chi connectivity index (χ3n) is 9.52. The van der Waals surface area contributed by atoms with Crippen LogP contribution < -0.4 is 0 Å². The summed E-state index contributed by atoms with van der Waals surface area (Å²) in [6, 6.07) is 8.71. The molecule has 6 rings (SSSR count). The van der Waals surface area contributed by atoms with Crippen LogP contribution in [0.4, 0.5) is 4.79 Å². The minimum Gasteiger partial charge on any atom is -0.467 e. The Labute approximate surface area is 214 Å². The van der Waals surface area contributed by atoms with Gasteiger partial charge in [-0.25, -0.2) is 9.59 Å². The molecule has 2 aliphatic heterocycles. The highest BCUT2D eigenvalue weighted by molar-refractivity contribution is 6.45. The largest absolute Gasteiger partial charge is 0.467 e. The molecule has 2 bridgehead atoms. The zero-order valence-electron chi connectivity index (χ0n) is 22.1. The summed E-state index contributed by atoms with van der Waals surface area (Å²) in [6.07, 6.45) is 7.72.